The highest BCUT2D eigenvalue weighted by Gasteiger charge is 2.42. The molecule has 1 heterocycles. The van der Waals surface area contributed by atoms with Crippen molar-refractivity contribution in [2.75, 3.05) is 6.61 Å². The average Bonchev–Trinajstić information content (AvgIpc) is 2.64. The Morgan fingerprint density at radius 1 is 1.47 bits per heavy atom. The molecule has 4 heteroatoms. The number of ether oxygens (including phenoxy) is 1. The molecule has 0 spiro atoms. The second-order valence-electron chi connectivity index (χ2n) is 5.08. The number of carbonyl (C=O) groups excluding carboxylic acids is 2. The molecule has 0 atom stereocenters. The number of carbonyl (C=O) groups is 2. The summed E-state index contributed by atoms with van der Waals surface area (Å²) in [7, 11) is 0. The maximum atomic E-state index is 11.9. The third-order valence-electron chi connectivity index (χ3n) is 3.23. The summed E-state index contributed by atoms with van der Waals surface area (Å²) in [6.07, 6.45) is 0.445. The van der Waals surface area contributed by atoms with Crippen molar-refractivity contribution >= 4 is 11.8 Å². The van der Waals surface area contributed by atoms with Crippen molar-refractivity contribution in [2.24, 2.45) is 0 Å². The van der Waals surface area contributed by atoms with E-state index in [2.05, 4.69) is 4.98 Å². The van der Waals surface area contributed by atoms with E-state index in [0.717, 1.165) is 11.3 Å². The lowest BCUT2D eigenvalue weighted by molar-refractivity contribution is 0.0522. The van der Waals surface area contributed by atoms with Crippen molar-refractivity contribution in [2.45, 2.75) is 39.5 Å². The molecule has 0 unspecified atom stereocenters. The zero-order valence-electron chi connectivity index (χ0n) is 10.6. The molecule has 1 N–H and O–H groups in total. The topological polar surface area (TPSA) is 59.2 Å². The fraction of sp³-hybridized carbons (Fsp3) is 0.538. The molecule has 0 aromatic carbocycles. The van der Waals surface area contributed by atoms with Gasteiger partial charge in [0.15, 0.2) is 5.78 Å². The van der Waals surface area contributed by atoms with Gasteiger partial charge in [0.05, 0.1) is 17.9 Å². The van der Waals surface area contributed by atoms with Crippen molar-refractivity contribution in [3.8, 4) is 0 Å². The molecule has 17 heavy (non-hydrogen) atoms. The van der Waals surface area contributed by atoms with E-state index in [-0.39, 0.29) is 17.2 Å². The molecule has 1 aromatic rings. The third-order valence-corrected chi connectivity index (χ3v) is 3.23. The number of esters is 1. The monoisotopic (exact) mass is 235 g/mol. The van der Waals surface area contributed by atoms with Gasteiger partial charge in [-0.2, -0.15) is 0 Å². The van der Waals surface area contributed by atoms with E-state index in [0.29, 0.717) is 24.3 Å². The first-order chi connectivity index (χ1) is 7.88. The number of nitrogens with one attached hydrogen (secondary N) is 1. The molecule has 1 aromatic heterocycles. The second kappa shape index (κ2) is 3.72. The van der Waals surface area contributed by atoms with Gasteiger partial charge in [0, 0.05) is 23.1 Å². The van der Waals surface area contributed by atoms with E-state index in [1.54, 1.807) is 13.8 Å². The molecule has 1 aliphatic rings. The summed E-state index contributed by atoms with van der Waals surface area (Å²) in [5.41, 5.74) is 2.36. The van der Waals surface area contributed by atoms with Gasteiger partial charge >= 0.3 is 5.97 Å². The Bertz CT molecular complexity index is 497. The van der Waals surface area contributed by atoms with Crippen LogP contribution >= 0.6 is 0 Å². The summed E-state index contributed by atoms with van der Waals surface area (Å²) in [6.45, 7) is 7.87. The van der Waals surface area contributed by atoms with Crippen molar-refractivity contribution in [3.63, 3.8) is 0 Å². The first-order valence-corrected chi connectivity index (χ1v) is 5.82. The van der Waals surface area contributed by atoms with E-state index >= 15 is 0 Å². The Hall–Kier alpha value is -1.58. The summed E-state index contributed by atoms with van der Waals surface area (Å²) in [5.74, 6) is -0.270. The Morgan fingerprint density at radius 2 is 2.12 bits per heavy atom. The van der Waals surface area contributed by atoms with Gasteiger partial charge in [-0.05, 0) is 13.8 Å². The number of fused-ring (bicyclic) bond motifs is 1. The van der Waals surface area contributed by atoms with Gasteiger partial charge < -0.3 is 9.72 Å². The molecule has 0 saturated heterocycles. The second-order valence-corrected chi connectivity index (χ2v) is 5.08. The molecule has 0 bridgehead atoms. The number of aromatic amines is 1. The van der Waals surface area contributed by atoms with Crippen LogP contribution < -0.4 is 0 Å². The zero-order valence-corrected chi connectivity index (χ0v) is 10.6. The van der Waals surface area contributed by atoms with Crippen LogP contribution in [-0.4, -0.2) is 23.3 Å². The van der Waals surface area contributed by atoms with E-state index < -0.39 is 0 Å². The van der Waals surface area contributed by atoms with Crippen LogP contribution in [0.1, 0.15) is 59.3 Å². The lowest BCUT2D eigenvalue weighted by Crippen LogP contribution is -2.18. The van der Waals surface area contributed by atoms with Crippen LogP contribution in [0, 0.1) is 6.92 Å². The molecule has 0 saturated carbocycles. The van der Waals surface area contributed by atoms with E-state index in [1.807, 2.05) is 13.8 Å². The molecular formula is C13H17NO3. The highest BCUT2D eigenvalue weighted by atomic mass is 16.5. The highest BCUT2D eigenvalue weighted by Crippen LogP contribution is 2.41. The Labute approximate surface area is 100 Å². The van der Waals surface area contributed by atoms with Crippen LogP contribution in [-0.2, 0) is 10.2 Å². The van der Waals surface area contributed by atoms with Gasteiger partial charge in [0.1, 0.15) is 0 Å². The summed E-state index contributed by atoms with van der Waals surface area (Å²) in [4.78, 5) is 26.8. The number of hydrogen-bond acceptors (Lipinski definition) is 3. The largest absolute Gasteiger partial charge is 0.462 e. The third kappa shape index (κ3) is 1.68. The maximum absolute atomic E-state index is 11.9. The molecule has 92 valence electrons. The maximum Gasteiger partial charge on any atom is 0.340 e. The molecular weight excluding hydrogens is 218 g/mol. The predicted octanol–water partition coefficient (Wildman–Crippen LogP) is 2.36. The minimum Gasteiger partial charge on any atom is -0.462 e. The Morgan fingerprint density at radius 3 is 2.71 bits per heavy atom. The molecule has 0 radical (unpaired) electrons. The van der Waals surface area contributed by atoms with Gasteiger partial charge in [0.25, 0.3) is 0 Å². The van der Waals surface area contributed by atoms with Gasteiger partial charge in [-0.3, -0.25) is 4.79 Å². The number of Topliss-reactive ketones (excluding diaryl/α,β-unsaturated/α-hetero) is 1. The van der Waals surface area contributed by atoms with Gasteiger partial charge in [0.2, 0.25) is 0 Å². The Balaban J connectivity index is 2.59. The van der Waals surface area contributed by atoms with Gasteiger partial charge in [-0.15, -0.1) is 0 Å². The van der Waals surface area contributed by atoms with E-state index in [9.17, 15) is 9.59 Å². The number of ketones is 1. The summed E-state index contributed by atoms with van der Waals surface area (Å²) in [6, 6.07) is 0. The molecule has 2 rings (SSSR count). The van der Waals surface area contributed by atoms with E-state index in [4.69, 9.17) is 4.74 Å². The first kappa shape index (κ1) is 11.9. The van der Waals surface area contributed by atoms with Gasteiger partial charge in [-0.25, -0.2) is 4.79 Å². The summed E-state index contributed by atoms with van der Waals surface area (Å²) < 4.78 is 5.05. The lowest BCUT2D eigenvalue weighted by Gasteiger charge is -2.18. The number of rotatable bonds is 2. The highest BCUT2D eigenvalue weighted by molar-refractivity contribution is 6.06. The number of aromatic nitrogens is 1. The number of H-pyrrole nitrogens is 1. The van der Waals surface area contributed by atoms with Crippen LogP contribution in [0.5, 0.6) is 0 Å². The molecule has 0 fully saturated rings. The minimum atomic E-state index is -0.342. The standard InChI is InChI=1S/C13H17NO3/c1-5-17-12(16)9-7(2)14-11-8(15)6-13(3,4)10(9)11/h14H,5-6H2,1-4H3. The quantitative estimate of drug-likeness (QED) is 0.800. The molecule has 0 amide bonds. The summed E-state index contributed by atoms with van der Waals surface area (Å²) in [5, 5.41) is 0. The van der Waals surface area contributed by atoms with Crippen molar-refractivity contribution < 1.29 is 14.3 Å². The average molecular weight is 235 g/mol. The SMILES string of the molecule is CCOC(=O)c1c(C)[nH]c2c1C(C)(C)CC2=O. The molecule has 0 aliphatic heterocycles. The van der Waals surface area contributed by atoms with Crippen molar-refractivity contribution in [3.05, 3.63) is 22.5 Å². The smallest absolute Gasteiger partial charge is 0.340 e. The Kier molecular flexibility index (Phi) is 2.60. The minimum absolute atomic E-state index is 0.0728. The first-order valence-electron chi connectivity index (χ1n) is 5.82. The number of aryl methyl sites for hydroxylation is 1. The van der Waals surface area contributed by atoms with Crippen molar-refractivity contribution in [1.29, 1.82) is 0 Å². The zero-order chi connectivity index (χ0) is 12.8. The van der Waals surface area contributed by atoms with Gasteiger partial charge in [-0.1, -0.05) is 13.8 Å². The lowest BCUT2D eigenvalue weighted by atomic mass is 9.84. The van der Waals surface area contributed by atoms with E-state index in [1.165, 1.54) is 0 Å². The fourth-order valence-corrected chi connectivity index (χ4v) is 2.55. The predicted molar refractivity (Wildman–Crippen MR) is 63.5 cm³/mol. The van der Waals surface area contributed by atoms with Crippen LogP contribution in [0.15, 0.2) is 0 Å². The number of hydrogen-bond donors (Lipinski definition) is 1. The normalized spacial score (nSPS) is 17.1. The van der Waals surface area contributed by atoms with Crippen LogP contribution in [0.3, 0.4) is 0 Å². The molecule has 4 nitrogen and oxygen atoms in total. The van der Waals surface area contributed by atoms with Crippen LogP contribution in [0.25, 0.3) is 0 Å². The summed E-state index contributed by atoms with van der Waals surface area (Å²) >= 11 is 0. The van der Waals surface area contributed by atoms with Crippen LogP contribution in [0.4, 0.5) is 0 Å². The van der Waals surface area contributed by atoms with Crippen molar-refractivity contribution in [1.82, 2.24) is 4.98 Å². The molecule has 1 aliphatic carbocycles. The van der Waals surface area contributed by atoms with Crippen LogP contribution in [0.2, 0.25) is 0 Å². The fourth-order valence-electron chi connectivity index (χ4n) is 2.55.